The number of hydrogen-bond acceptors (Lipinski definition) is 5. The number of nitrogen functional groups attached to an aromatic ring is 1. The van der Waals surface area contributed by atoms with Crippen LogP contribution in [0.15, 0.2) is 104 Å². The van der Waals surface area contributed by atoms with Crippen molar-refractivity contribution in [2.75, 3.05) is 19.3 Å². The first kappa shape index (κ1) is 29.8. The molecule has 39 heavy (non-hydrogen) atoms. The number of anilines is 1. The van der Waals surface area contributed by atoms with Crippen molar-refractivity contribution in [2.24, 2.45) is 5.73 Å². The van der Waals surface area contributed by atoms with E-state index in [1.54, 1.807) is 24.3 Å². The number of benzene rings is 3. The van der Waals surface area contributed by atoms with E-state index < -0.39 is 0 Å². The number of para-hydroxylation sites is 1. The second-order valence-electron chi connectivity index (χ2n) is 10.2. The molecule has 5 rings (SSSR count). The number of nitrogens with one attached hydrogen (secondary N) is 2. The van der Waals surface area contributed by atoms with E-state index >= 15 is 0 Å². The summed E-state index contributed by atoms with van der Waals surface area (Å²) in [6.45, 7) is 9.79. The fourth-order valence-electron chi connectivity index (χ4n) is 4.57. The van der Waals surface area contributed by atoms with Crippen LogP contribution in [0.1, 0.15) is 48.8 Å². The third kappa shape index (κ3) is 8.91. The van der Waals surface area contributed by atoms with Gasteiger partial charge in [-0.25, -0.2) is 4.39 Å². The van der Waals surface area contributed by atoms with E-state index in [2.05, 4.69) is 54.7 Å². The highest BCUT2D eigenvalue weighted by Gasteiger charge is 2.41. The highest BCUT2D eigenvalue weighted by atomic mass is 19.1. The summed E-state index contributed by atoms with van der Waals surface area (Å²) in [5.74, 6) is -0.174. The molecule has 1 heterocycles. The Kier molecular flexibility index (Phi) is 11.0. The summed E-state index contributed by atoms with van der Waals surface area (Å²) in [5.41, 5.74) is 16.3. The molecular weight excluding hydrogens is 485 g/mol. The lowest BCUT2D eigenvalue weighted by Gasteiger charge is -2.22. The van der Waals surface area contributed by atoms with Gasteiger partial charge in [-0.1, -0.05) is 79.4 Å². The van der Waals surface area contributed by atoms with Crippen LogP contribution in [0.5, 0.6) is 0 Å². The smallest absolute Gasteiger partial charge is 0.128 e. The van der Waals surface area contributed by atoms with E-state index in [0.29, 0.717) is 29.4 Å². The summed E-state index contributed by atoms with van der Waals surface area (Å²) >= 11 is 0. The van der Waals surface area contributed by atoms with Gasteiger partial charge in [-0.3, -0.25) is 4.90 Å². The summed E-state index contributed by atoms with van der Waals surface area (Å²) < 4.78 is 13.0. The van der Waals surface area contributed by atoms with E-state index in [1.165, 1.54) is 31.0 Å². The van der Waals surface area contributed by atoms with E-state index in [9.17, 15) is 4.39 Å². The number of rotatable bonds is 8. The maximum absolute atomic E-state index is 13.0. The lowest BCUT2D eigenvalue weighted by Crippen LogP contribution is -2.32. The molecule has 0 spiro atoms. The molecule has 1 saturated heterocycles. The van der Waals surface area contributed by atoms with Gasteiger partial charge in [-0.2, -0.15) is 0 Å². The van der Waals surface area contributed by atoms with E-state index in [1.807, 2.05) is 30.3 Å². The number of likely N-dealkylation sites (tertiary alicyclic amines) is 1. The number of nitrogens with zero attached hydrogens (tertiary/aromatic N) is 1. The molecule has 1 unspecified atom stereocenters. The second kappa shape index (κ2) is 14.4. The molecule has 1 atom stereocenters. The topological polar surface area (TPSA) is 91.2 Å². The van der Waals surface area contributed by atoms with Crippen molar-refractivity contribution in [2.45, 2.75) is 50.2 Å². The van der Waals surface area contributed by atoms with Gasteiger partial charge >= 0.3 is 0 Å². The molecule has 3 aromatic rings. The minimum Gasteiger partial charge on any atom is -0.398 e. The van der Waals surface area contributed by atoms with Crippen LogP contribution in [0.3, 0.4) is 0 Å². The van der Waals surface area contributed by atoms with Crippen molar-refractivity contribution in [1.29, 1.82) is 5.41 Å². The summed E-state index contributed by atoms with van der Waals surface area (Å²) in [6.07, 6.45) is 6.61. The Bertz CT molecular complexity index is 1240. The number of nitrogens with two attached hydrogens (primary N) is 2. The van der Waals surface area contributed by atoms with Crippen LogP contribution in [-0.4, -0.2) is 30.2 Å². The Morgan fingerprint density at radius 3 is 2.31 bits per heavy atom. The van der Waals surface area contributed by atoms with Gasteiger partial charge < -0.3 is 22.2 Å². The quantitative estimate of drug-likeness (QED) is 0.156. The van der Waals surface area contributed by atoms with Crippen LogP contribution in [0.4, 0.5) is 10.1 Å². The molecule has 5 nitrogen and oxygen atoms in total. The summed E-state index contributed by atoms with van der Waals surface area (Å²) in [6, 6.07) is 25.1. The average Bonchev–Trinajstić information content (AvgIpc) is 3.54. The first-order valence-electron chi connectivity index (χ1n) is 13.5. The molecule has 0 bridgehead atoms. The predicted molar refractivity (Wildman–Crippen MR) is 162 cm³/mol. The van der Waals surface area contributed by atoms with E-state index in [0.717, 1.165) is 30.6 Å². The van der Waals surface area contributed by atoms with Crippen molar-refractivity contribution < 1.29 is 4.39 Å². The summed E-state index contributed by atoms with van der Waals surface area (Å²) in [7, 11) is 2.17. The van der Waals surface area contributed by atoms with Crippen LogP contribution in [0.2, 0.25) is 0 Å². The van der Waals surface area contributed by atoms with Gasteiger partial charge in [0.25, 0.3) is 0 Å². The van der Waals surface area contributed by atoms with Crippen LogP contribution in [-0.2, 0) is 12.1 Å². The molecule has 0 amide bonds. The zero-order chi connectivity index (χ0) is 28.3. The van der Waals surface area contributed by atoms with E-state index in [4.69, 9.17) is 16.9 Å². The SMILES string of the molecule is C=C(NCc1ccccc1)C1CCCN1C.C=CCC(=N)c1ccccc1N.NC1(c2ccccc2F)CC1. The van der Waals surface area contributed by atoms with Gasteiger partial charge in [0.2, 0.25) is 0 Å². The lowest BCUT2D eigenvalue weighted by atomic mass is 10.1. The molecule has 0 aromatic heterocycles. The van der Waals surface area contributed by atoms with Gasteiger partial charge in [0.1, 0.15) is 5.82 Å². The second-order valence-corrected chi connectivity index (χ2v) is 10.2. The molecule has 1 aliphatic carbocycles. The predicted octanol–water partition coefficient (Wildman–Crippen LogP) is 6.37. The number of hydrogen-bond donors (Lipinski definition) is 4. The number of allylic oxidation sites excluding steroid dienone is 1. The maximum Gasteiger partial charge on any atom is 0.128 e. The highest BCUT2D eigenvalue weighted by molar-refractivity contribution is 6.03. The summed E-state index contributed by atoms with van der Waals surface area (Å²) in [5, 5.41) is 11.1. The Morgan fingerprint density at radius 1 is 1.08 bits per heavy atom. The van der Waals surface area contributed by atoms with Crippen LogP contribution >= 0.6 is 0 Å². The molecule has 0 radical (unpaired) electrons. The Hall–Kier alpha value is -3.74. The minimum absolute atomic E-state index is 0.174. The van der Waals surface area contributed by atoms with Crippen molar-refractivity contribution in [3.05, 3.63) is 126 Å². The van der Waals surface area contributed by atoms with Crippen molar-refractivity contribution in [1.82, 2.24) is 10.2 Å². The van der Waals surface area contributed by atoms with Crippen LogP contribution < -0.4 is 16.8 Å². The van der Waals surface area contributed by atoms with Gasteiger partial charge in [0.05, 0.1) is 0 Å². The molecule has 1 saturated carbocycles. The molecule has 6 N–H and O–H groups in total. The average molecular weight is 528 g/mol. The fourth-order valence-corrected chi connectivity index (χ4v) is 4.57. The number of halogens is 1. The van der Waals surface area contributed by atoms with E-state index in [-0.39, 0.29) is 11.4 Å². The first-order valence-corrected chi connectivity index (χ1v) is 13.5. The van der Waals surface area contributed by atoms with Gasteiger partial charge in [-0.15, -0.1) is 6.58 Å². The minimum atomic E-state index is -0.342. The monoisotopic (exact) mass is 527 g/mol. The van der Waals surface area contributed by atoms with Crippen molar-refractivity contribution >= 4 is 11.4 Å². The van der Waals surface area contributed by atoms with Crippen LogP contribution in [0.25, 0.3) is 0 Å². The Morgan fingerprint density at radius 2 is 1.72 bits per heavy atom. The molecular formula is C33H42FN5. The molecule has 2 fully saturated rings. The zero-order valence-corrected chi connectivity index (χ0v) is 23.0. The molecule has 2 aliphatic rings. The Labute approximate surface area is 232 Å². The maximum atomic E-state index is 13.0. The third-order valence-corrected chi connectivity index (χ3v) is 7.12. The van der Waals surface area contributed by atoms with Crippen molar-refractivity contribution in [3.63, 3.8) is 0 Å². The number of likely N-dealkylation sites (N-methyl/N-ethyl adjacent to an activating group) is 1. The first-order chi connectivity index (χ1) is 18.7. The standard InChI is InChI=1S/C14H20N2.C10H12N2.C9H10FN/c1-12(14-9-6-10-16(14)2)15-11-13-7-4-3-5-8-13;1-2-5-9(11)8-6-3-4-7-10(8)12;10-8-4-2-1-3-7(8)9(11)5-6-9/h3-5,7-8,14-15H,1,6,9-11H2,2H3;2-4,6-7,11H,1,5,12H2;1-4H,5-6,11H2. The normalized spacial score (nSPS) is 17.1. The largest absolute Gasteiger partial charge is 0.398 e. The fraction of sp³-hybridized carbons (Fsp3) is 0.303. The van der Waals surface area contributed by atoms with Crippen LogP contribution in [0, 0.1) is 11.2 Å². The lowest BCUT2D eigenvalue weighted by molar-refractivity contribution is 0.334. The van der Waals surface area contributed by atoms with Crippen molar-refractivity contribution in [3.8, 4) is 0 Å². The molecule has 1 aliphatic heterocycles. The third-order valence-electron chi connectivity index (χ3n) is 7.12. The van der Waals surface area contributed by atoms with Gasteiger partial charge in [0.15, 0.2) is 0 Å². The molecule has 3 aromatic carbocycles. The van der Waals surface area contributed by atoms with Gasteiger partial charge in [-0.05, 0) is 57.0 Å². The van der Waals surface area contributed by atoms with Gasteiger partial charge in [0, 0.05) is 52.8 Å². The summed E-state index contributed by atoms with van der Waals surface area (Å²) in [4.78, 5) is 2.38. The zero-order valence-electron chi connectivity index (χ0n) is 23.0. The molecule has 6 heteroatoms. The highest BCUT2D eigenvalue weighted by Crippen LogP contribution is 2.43. The molecule has 206 valence electrons. The Balaban J connectivity index is 0.000000165.